The van der Waals surface area contributed by atoms with Crippen LogP contribution in [0, 0.1) is 12.8 Å². The summed E-state index contributed by atoms with van der Waals surface area (Å²) in [6.45, 7) is 8.66. The van der Waals surface area contributed by atoms with Crippen LogP contribution in [0.5, 0.6) is 0 Å². The molecular weight excluding hydrogens is 228 g/mol. The van der Waals surface area contributed by atoms with E-state index in [1.54, 1.807) is 0 Å². The lowest BCUT2D eigenvalue weighted by molar-refractivity contribution is 0.421. The average Bonchev–Trinajstić information content (AvgIpc) is 2.43. The number of unbranched alkanes of at least 4 members (excludes halogenated alkanes) is 10. The van der Waals surface area contributed by atoms with Gasteiger partial charge in [0.15, 0.2) is 0 Å². The van der Waals surface area contributed by atoms with E-state index in [1.807, 2.05) is 0 Å². The summed E-state index contributed by atoms with van der Waals surface area (Å²) in [5.41, 5.74) is 0. The maximum Gasteiger partial charge on any atom is -0.0414 e. The Morgan fingerprint density at radius 2 is 1.05 bits per heavy atom. The topological polar surface area (TPSA) is 0 Å². The van der Waals surface area contributed by atoms with Gasteiger partial charge < -0.3 is 0 Å². The third kappa shape index (κ3) is 14.2. The lowest BCUT2D eigenvalue weighted by Gasteiger charge is -2.12. The molecule has 0 heterocycles. The number of rotatable bonds is 15. The molecule has 0 nitrogen and oxygen atoms in total. The molecule has 0 aliphatic carbocycles. The van der Waals surface area contributed by atoms with Gasteiger partial charge >= 0.3 is 0 Å². The van der Waals surface area contributed by atoms with Crippen LogP contribution in [0.2, 0.25) is 0 Å². The van der Waals surface area contributed by atoms with Gasteiger partial charge in [-0.05, 0) is 5.92 Å². The van der Waals surface area contributed by atoms with E-state index in [9.17, 15) is 0 Å². The highest BCUT2D eigenvalue weighted by Crippen LogP contribution is 2.19. The summed E-state index contributed by atoms with van der Waals surface area (Å²) in [4.78, 5) is 0. The SMILES string of the molecule is [CH2]CC(CCC)CCCCCCCCCCCCC. The minimum atomic E-state index is 0.906. The molecule has 0 N–H and O–H groups in total. The average molecular weight is 268 g/mol. The molecule has 0 saturated heterocycles. The van der Waals surface area contributed by atoms with Crippen molar-refractivity contribution in [1.82, 2.24) is 0 Å². The summed E-state index contributed by atoms with van der Waals surface area (Å²) in [6, 6.07) is 0. The first kappa shape index (κ1) is 19.0. The Labute approximate surface area is 123 Å². The Morgan fingerprint density at radius 3 is 1.47 bits per heavy atom. The second kappa shape index (κ2) is 16.1. The zero-order chi connectivity index (χ0) is 14.2. The van der Waals surface area contributed by atoms with Crippen molar-refractivity contribution in [2.75, 3.05) is 0 Å². The molecule has 0 spiro atoms. The first-order chi connectivity index (χ1) is 9.35. The summed E-state index contributed by atoms with van der Waals surface area (Å²) in [5, 5.41) is 0. The summed E-state index contributed by atoms with van der Waals surface area (Å²) in [6.07, 6.45) is 21.3. The van der Waals surface area contributed by atoms with Crippen LogP contribution >= 0.6 is 0 Å². The van der Waals surface area contributed by atoms with Crippen molar-refractivity contribution in [2.45, 2.75) is 110 Å². The van der Waals surface area contributed by atoms with Gasteiger partial charge in [-0.3, -0.25) is 0 Å². The maximum absolute atomic E-state index is 4.07. The van der Waals surface area contributed by atoms with Crippen LogP contribution in [0.3, 0.4) is 0 Å². The summed E-state index contributed by atoms with van der Waals surface area (Å²) in [5.74, 6) is 0.906. The fourth-order valence-corrected chi connectivity index (χ4v) is 2.94. The fourth-order valence-electron chi connectivity index (χ4n) is 2.94. The van der Waals surface area contributed by atoms with E-state index in [0.717, 1.165) is 12.3 Å². The Bertz CT molecular complexity index is 150. The van der Waals surface area contributed by atoms with Crippen molar-refractivity contribution in [2.24, 2.45) is 5.92 Å². The van der Waals surface area contributed by atoms with Crippen LogP contribution in [0.15, 0.2) is 0 Å². The van der Waals surface area contributed by atoms with Crippen molar-refractivity contribution >= 4 is 0 Å². The van der Waals surface area contributed by atoms with Gasteiger partial charge in [-0.2, -0.15) is 0 Å². The van der Waals surface area contributed by atoms with Gasteiger partial charge in [0.05, 0.1) is 0 Å². The second-order valence-electron chi connectivity index (χ2n) is 6.27. The quantitative estimate of drug-likeness (QED) is 0.272. The molecular formula is C19H39. The molecule has 0 amide bonds. The van der Waals surface area contributed by atoms with Crippen LogP contribution in [0.4, 0.5) is 0 Å². The summed E-state index contributed by atoms with van der Waals surface area (Å²) in [7, 11) is 0. The third-order valence-electron chi connectivity index (χ3n) is 4.32. The molecule has 1 unspecified atom stereocenters. The second-order valence-corrected chi connectivity index (χ2v) is 6.27. The third-order valence-corrected chi connectivity index (χ3v) is 4.32. The lowest BCUT2D eigenvalue weighted by Crippen LogP contribution is -1.98. The van der Waals surface area contributed by atoms with Crippen LogP contribution in [0.1, 0.15) is 110 Å². The van der Waals surface area contributed by atoms with E-state index in [-0.39, 0.29) is 0 Å². The molecule has 115 valence electrons. The van der Waals surface area contributed by atoms with Crippen molar-refractivity contribution in [3.8, 4) is 0 Å². The van der Waals surface area contributed by atoms with Crippen LogP contribution in [-0.2, 0) is 0 Å². The zero-order valence-corrected chi connectivity index (χ0v) is 13.9. The van der Waals surface area contributed by atoms with E-state index in [4.69, 9.17) is 0 Å². The van der Waals surface area contributed by atoms with Crippen molar-refractivity contribution in [3.63, 3.8) is 0 Å². The minimum Gasteiger partial charge on any atom is -0.0654 e. The first-order valence-corrected chi connectivity index (χ1v) is 9.14. The molecule has 0 aliphatic heterocycles. The van der Waals surface area contributed by atoms with E-state index in [2.05, 4.69) is 20.8 Å². The predicted molar refractivity (Wildman–Crippen MR) is 89.5 cm³/mol. The first-order valence-electron chi connectivity index (χ1n) is 9.14. The molecule has 1 atom stereocenters. The number of hydrogen-bond acceptors (Lipinski definition) is 0. The standard InChI is InChI=1S/C19H39/c1-4-7-8-9-10-11-12-13-14-15-16-18-19(6-3)17-5-2/h19H,3-18H2,1-2H3. The highest BCUT2D eigenvalue weighted by atomic mass is 14.1. The van der Waals surface area contributed by atoms with E-state index in [1.165, 1.54) is 89.9 Å². The summed E-state index contributed by atoms with van der Waals surface area (Å²) < 4.78 is 0. The smallest absolute Gasteiger partial charge is 0.0414 e. The van der Waals surface area contributed by atoms with E-state index < -0.39 is 0 Å². The molecule has 0 aliphatic rings. The van der Waals surface area contributed by atoms with Crippen LogP contribution in [0.25, 0.3) is 0 Å². The molecule has 0 aromatic carbocycles. The Morgan fingerprint density at radius 1 is 0.579 bits per heavy atom. The molecule has 0 saturated carbocycles. The Hall–Kier alpha value is 0. The lowest BCUT2D eigenvalue weighted by atomic mass is 9.94. The zero-order valence-electron chi connectivity index (χ0n) is 13.9. The van der Waals surface area contributed by atoms with Crippen LogP contribution in [-0.4, -0.2) is 0 Å². The van der Waals surface area contributed by atoms with Gasteiger partial charge in [0, 0.05) is 0 Å². The molecule has 0 aromatic heterocycles. The fraction of sp³-hybridized carbons (Fsp3) is 0.947. The van der Waals surface area contributed by atoms with Crippen LogP contribution < -0.4 is 0 Å². The monoisotopic (exact) mass is 267 g/mol. The molecule has 0 heteroatoms. The van der Waals surface area contributed by atoms with Crippen molar-refractivity contribution in [3.05, 3.63) is 6.92 Å². The van der Waals surface area contributed by atoms with Gasteiger partial charge in [-0.15, -0.1) is 0 Å². The summed E-state index contributed by atoms with van der Waals surface area (Å²) >= 11 is 0. The van der Waals surface area contributed by atoms with Gasteiger partial charge in [-0.1, -0.05) is 117 Å². The van der Waals surface area contributed by atoms with Crippen molar-refractivity contribution < 1.29 is 0 Å². The van der Waals surface area contributed by atoms with Gasteiger partial charge in [0.2, 0.25) is 0 Å². The molecule has 19 heavy (non-hydrogen) atoms. The van der Waals surface area contributed by atoms with Gasteiger partial charge in [-0.25, -0.2) is 0 Å². The van der Waals surface area contributed by atoms with E-state index in [0.29, 0.717) is 0 Å². The maximum atomic E-state index is 4.07. The normalized spacial score (nSPS) is 12.8. The predicted octanol–water partition coefficient (Wildman–Crippen LogP) is 7.33. The van der Waals surface area contributed by atoms with E-state index >= 15 is 0 Å². The highest BCUT2D eigenvalue weighted by molar-refractivity contribution is 4.60. The number of hydrogen-bond donors (Lipinski definition) is 0. The Kier molecular flexibility index (Phi) is 16.1. The highest BCUT2D eigenvalue weighted by Gasteiger charge is 2.04. The molecule has 1 radical (unpaired) electrons. The molecule has 0 aromatic rings. The molecule has 0 fully saturated rings. The minimum absolute atomic E-state index is 0.906. The van der Waals surface area contributed by atoms with Gasteiger partial charge in [0.1, 0.15) is 0 Å². The largest absolute Gasteiger partial charge is 0.0654 e. The molecule has 0 rings (SSSR count). The van der Waals surface area contributed by atoms with Gasteiger partial charge in [0.25, 0.3) is 0 Å². The van der Waals surface area contributed by atoms with Crippen molar-refractivity contribution in [1.29, 1.82) is 0 Å². The molecule has 0 bridgehead atoms. The Balaban J connectivity index is 3.09.